The lowest BCUT2D eigenvalue weighted by molar-refractivity contribution is -0.131. The van der Waals surface area contributed by atoms with Crippen molar-refractivity contribution in [3.05, 3.63) is 53.6 Å². The monoisotopic (exact) mass is 460 g/mol. The number of hydrogen-bond acceptors (Lipinski definition) is 5. The van der Waals surface area contributed by atoms with Crippen molar-refractivity contribution in [1.82, 2.24) is 10.2 Å². The van der Waals surface area contributed by atoms with Gasteiger partial charge in [0.15, 0.2) is 11.7 Å². The number of ether oxygens (including phenoxy) is 1. The van der Waals surface area contributed by atoms with E-state index in [1.807, 2.05) is 36.1 Å². The normalized spacial score (nSPS) is 13.5. The molecule has 2 N–H and O–H groups in total. The first kappa shape index (κ1) is 22.8. The fourth-order valence-corrected chi connectivity index (χ4v) is 3.68. The third-order valence-electron chi connectivity index (χ3n) is 4.85. The Morgan fingerprint density at radius 3 is 2.48 bits per heavy atom. The van der Waals surface area contributed by atoms with Crippen molar-refractivity contribution in [3.8, 4) is 5.75 Å². The van der Waals surface area contributed by atoms with E-state index in [2.05, 4.69) is 15.5 Å². The van der Waals surface area contributed by atoms with Crippen LogP contribution in [0, 0.1) is 0 Å². The Morgan fingerprint density at radius 1 is 1.10 bits per heavy atom. The maximum atomic E-state index is 12.2. The van der Waals surface area contributed by atoms with Crippen LogP contribution >= 0.6 is 23.8 Å². The van der Waals surface area contributed by atoms with Crippen molar-refractivity contribution in [2.45, 2.75) is 13.3 Å². The number of hydrogen-bond donors (Lipinski definition) is 2. The average Bonchev–Trinajstić information content (AvgIpc) is 2.78. The molecule has 0 aromatic heterocycles. The van der Waals surface area contributed by atoms with Crippen LogP contribution in [0.4, 0.5) is 11.4 Å². The summed E-state index contributed by atoms with van der Waals surface area (Å²) in [5, 5.41) is 6.39. The lowest BCUT2D eigenvalue weighted by atomic mass is 10.2. The predicted octanol–water partition coefficient (Wildman–Crippen LogP) is 3.29. The molecular formula is C22H25ClN4O3S. The standard InChI is InChI=1S/C22H25ClN4O3S/c1-2-21(29)27-12-10-26(11-13-27)19-9-8-16(23)14-18(19)24-22(31)25-20(28)15-30-17-6-4-3-5-7-17/h3-9,14H,2,10-13,15H2,1H3,(H2,24,25,28,31). The highest BCUT2D eigenvalue weighted by Crippen LogP contribution is 2.30. The van der Waals surface area contributed by atoms with E-state index in [9.17, 15) is 9.59 Å². The third kappa shape index (κ3) is 6.57. The maximum Gasteiger partial charge on any atom is 0.264 e. The fraction of sp³-hybridized carbons (Fsp3) is 0.318. The minimum absolute atomic E-state index is 0.151. The van der Waals surface area contributed by atoms with Crippen molar-refractivity contribution in [3.63, 3.8) is 0 Å². The number of nitrogens with one attached hydrogen (secondary N) is 2. The van der Waals surface area contributed by atoms with Crippen molar-refractivity contribution in [2.75, 3.05) is 43.0 Å². The molecule has 1 heterocycles. The Bertz CT molecular complexity index is 934. The number of thiocarbonyl (C=S) groups is 1. The SMILES string of the molecule is CCC(=O)N1CCN(c2ccc(Cl)cc2NC(=S)NC(=O)COc2ccccc2)CC1. The Balaban J connectivity index is 1.58. The van der Waals surface area contributed by atoms with Crippen LogP contribution in [0.25, 0.3) is 0 Å². The first-order chi connectivity index (χ1) is 15.0. The number of nitrogens with zero attached hydrogens (tertiary/aromatic N) is 2. The third-order valence-corrected chi connectivity index (χ3v) is 5.29. The van der Waals surface area contributed by atoms with Gasteiger partial charge < -0.3 is 19.9 Å². The van der Waals surface area contributed by atoms with E-state index in [0.717, 1.165) is 5.69 Å². The largest absolute Gasteiger partial charge is 0.484 e. The van der Waals surface area contributed by atoms with Gasteiger partial charge in [0, 0.05) is 37.6 Å². The molecule has 0 bridgehead atoms. The summed E-state index contributed by atoms with van der Waals surface area (Å²) in [7, 11) is 0. The minimum atomic E-state index is -0.364. The Morgan fingerprint density at radius 2 is 1.81 bits per heavy atom. The number of anilines is 2. The summed E-state index contributed by atoms with van der Waals surface area (Å²) in [5.74, 6) is 0.404. The highest BCUT2D eigenvalue weighted by molar-refractivity contribution is 7.80. The summed E-state index contributed by atoms with van der Waals surface area (Å²) in [6, 6.07) is 14.6. The van der Waals surface area contributed by atoms with E-state index in [4.69, 9.17) is 28.6 Å². The number of benzene rings is 2. The zero-order valence-corrected chi connectivity index (χ0v) is 18.8. The molecule has 0 aliphatic carbocycles. The van der Waals surface area contributed by atoms with E-state index < -0.39 is 0 Å². The molecule has 7 nitrogen and oxygen atoms in total. The topological polar surface area (TPSA) is 73.9 Å². The van der Waals surface area contributed by atoms with Crippen LogP contribution in [-0.2, 0) is 9.59 Å². The number of piperazine rings is 1. The van der Waals surface area contributed by atoms with Crippen LogP contribution in [0.1, 0.15) is 13.3 Å². The first-order valence-electron chi connectivity index (χ1n) is 10.1. The highest BCUT2D eigenvalue weighted by Gasteiger charge is 2.22. The Kier molecular flexibility index (Phi) is 8.08. The van der Waals surface area contributed by atoms with Crippen LogP contribution in [0.5, 0.6) is 5.75 Å². The number of halogens is 1. The molecule has 0 unspecified atom stereocenters. The molecule has 31 heavy (non-hydrogen) atoms. The van der Waals surface area contributed by atoms with Gasteiger partial charge in [-0.3, -0.25) is 14.9 Å². The van der Waals surface area contributed by atoms with E-state index >= 15 is 0 Å². The van der Waals surface area contributed by atoms with Crippen molar-refractivity contribution in [1.29, 1.82) is 0 Å². The summed E-state index contributed by atoms with van der Waals surface area (Å²) in [5.41, 5.74) is 1.60. The highest BCUT2D eigenvalue weighted by atomic mass is 35.5. The van der Waals surface area contributed by atoms with Gasteiger partial charge in [-0.15, -0.1) is 0 Å². The molecule has 164 valence electrons. The maximum absolute atomic E-state index is 12.2. The summed E-state index contributed by atoms with van der Waals surface area (Å²) < 4.78 is 5.43. The van der Waals surface area contributed by atoms with E-state index in [0.29, 0.717) is 49.1 Å². The van der Waals surface area contributed by atoms with Gasteiger partial charge in [-0.2, -0.15) is 0 Å². The van der Waals surface area contributed by atoms with Gasteiger partial charge in [-0.25, -0.2) is 0 Å². The van der Waals surface area contributed by atoms with Gasteiger partial charge in [0.1, 0.15) is 5.75 Å². The minimum Gasteiger partial charge on any atom is -0.484 e. The number of para-hydroxylation sites is 1. The van der Waals surface area contributed by atoms with Crippen molar-refractivity contribution < 1.29 is 14.3 Å². The van der Waals surface area contributed by atoms with Crippen LogP contribution in [0.2, 0.25) is 5.02 Å². The lowest BCUT2D eigenvalue weighted by Crippen LogP contribution is -2.48. The molecular weight excluding hydrogens is 436 g/mol. The molecule has 1 fully saturated rings. The smallest absolute Gasteiger partial charge is 0.264 e. The summed E-state index contributed by atoms with van der Waals surface area (Å²) >= 11 is 11.5. The van der Waals surface area contributed by atoms with Crippen LogP contribution < -0.4 is 20.3 Å². The van der Waals surface area contributed by atoms with Gasteiger partial charge >= 0.3 is 0 Å². The van der Waals surface area contributed by atoms with E-state index in [-0.39, 0.29) is 23.5 Å². The van der Waals surface area contributed by atoms with E-state index in [1.165, 1.54) is 0 Å². The molecule has 0 saturated carbocycles. The molecule has 1 saturated heterocycles. The summed E-state index contributed by atoms with van der Waals surface area (Å²) in [6.07, 6.45) is 0.510. The zero-order valence-electron chi connectivity index (χ0n) is 17.3. The van der Waals surface area contributed by atoms with Crippen LogP contribution in [0.15, 0.2) is 48.5 Å². The predicted molar refractivity (Wildman–Crippen MR) is 127 cm³/mol. The van der Waals surface area contributed by atoms with Crippen molar-refractivity contribution >= 4 is 52.1 Å². The second kappa shape index (κ2) is 11.0. The molecule has 3 rings (SSSR count). The molecule has 2 aromatic rings. The molecule has 0 spiro atoms. The zero-order chi connectivity index (χ0) is 22.2. The van der Waals surface area contributed by atoms with Gasteiger partial charge in [0.2, 0.25) is 5.91 Å². The summed E-state index contributed by atoms with van der Waals surface area (Å²) in [6.45, 7) is 4.44. The number of rotatable bonds is 6. The summed E-state index contributed by atoms with van der Waals surface area (Å²) in [4.78, 5) is 28.1. The Hall–Kier alpha value is -2.84. The lowest BCUT2D eigenvalue weighted by Gasteiger charge is -2.37. The fourth-order valence-electron chi connectivity index (χ4n) is 3.29. The number of carbonyl (C=O) groups is 2. The van der Waals surface area contributed by atoms with Crippen LogP contribution in [0.3, 0.4) is 0 Å². The molecule has 9 heteroatoms. The Labute approximate surface area is 192 Å². The quantitative estimate of drug-likeness (QED) is 0.644. The number of carbonyl (C=O) groups excluding carboxylic acids is 2. The molecule has 1 aliphatic heterocycles. The number of amides is 2. The molecule has 2 aromatic carbocycles. The van der Waals surface area contributed by atoms with E-state index in [1.54, 1.807) is 24.3 Å². The molecule has 1 aliphatic rings. The second-order valence-corrected chi connectivity index (χ2v) is 7.83. The second-order valence-electron chi connectivity index (χ2n) is 6.99. The molecule has 2 amide bonds. The van der Waals surface area contributed by atoms with Crippen LogP contribution in [-0.4, -0.2) is 54.6 Å². The molecule has 0 atom stereocenters. The van der Waals surface area contributed by atoms with Gasteiger partial charge in [0.05, 0.1) is 11.4 Å². The van der Waals surface area contributed by atoms with Gasteiger partial charge in [0.25, 0.3) is 5.91 Å². The average molecular weight is 461 g/mol. The first-order valence-corrected chi connectivity index (χ1v) is 10.9. The van der Waals surface area contributed by atoms with Gasteiger partial charge in [-0.05, 0) is 42.5 Å². The molecule has 0 radical (unpaired) electrons. The van der Waals surface area contributed by atoms with Crippen molar-refractivity contribution in [2.24, 2.45) is 0 Å². The van der Waals surface area contributed by atoms with Gasteiger partial charge in [-0.1, -0.05) is 36.7 Å².